The van der Waals surface area contributed by atoms with E-state index in [0.717, 1.165) is 11.8 Å². The van der Waals surface area contributed by atoms with Crippen LogP contribution in [0.4, 0.5) is 5.69 Å². The van der Waals surface area contributed by atoms with Gasteiger partial charge in [-0.3, -0.25) is 9.11 Å². The predicted molar refractivity (Wildman–Crippen MR) is 71.6 cm³/mol. The summed E-state index contributed by atoms with van der Waals surface area (Å²) in [5.41, 5.74) is 7.35. The highest BCUT2D eigenvalue weighted by Gasteiger charge is 2.01. The fourth-order valence-corrected chi connectivity index (χ4v) is 1.61. The highest BCUT2D eigenvalue weighted by Crippen LogP contribution is 2.10. The number of rotatable bonds is 4. The van der Waals surface area contributed by atoms with Crippen molar-refractivity contribution in [1.82, 2.24) is 4.72 Å². The molecule has 5 N–H and O–H groups in total. The first kappa shape index (κ1) is 17.8. The first-order valence-electron chi connectivity index (χ1n) is 4.97. The Kier molecular flexibility index (Phi) is 6.94. The van der Waals surface area contributed by atoms with Crippen molar-refractivity contribution in [3.63, 3.8) is 0 Å². The summed E-state index contributed by atoms with van der Waals surface area (Å²) in [7, 11) is -7.76. The molecule has 0 unspecified atom stereocenters. The number of para-hydroxylation sites is 1. The molecule has 0 saturated heterocycles. The lowest BCUT2D eigenvalue weighted by molar-refractivity contribution is 0.381. The molecule has 0 aliphatic rings. The largest absolute Gasteiger partial charge is 0.399 e. The average Bonchev–Trinajstić information content (AvgIpc) is 2.16. The number of hydrogen-bond acceptors (Lipinski definition) is 5. The summed E-state index contributed by atoms with van der Waals surface area (Å²) >= 11 is 0. The molecular weight excluding hydrogens is 296 g/mol. The maximum atomic E-state index is 10.8. The van der Waals surface area contributed by atoms with Gasteiger partial charge in [0.15, 0.2) is 0 Å². The Morgan fingerprint density at radius 1 is 1.16 bits per heavy atom. The Morgan fingerprint density at radius 3 is 2.05 bits per heavy atom. The second-order valence-electron chi connectivity index (χ2n) is 3.56. The third kappa shape index (κ3) is 13.0. The fraction of sp³-hybridized carbons (Fsp3) is 0.333. The van der Waals surface area contributed by atoms with Crippen LogP contribution in [0.2, 0.25) is 0 Å². The first-order valence-corrected chi connectivity index (χ1v) is 8.26. The Balaban J connectivity index is 0.000000555. The van der Waals surface area contributed by atoms with Crippen LogP contribution in [0.5, 0.6) is 0 Å². The number of benzene rings is 1. The van der Waals surface area contributed by atoms with Gasteiger partial charge in [-0.25, -0.2) is 13.1 Å². The molecule has 0 heterocycles. The van der Waals surface area contributed by atoms with Gasteiger partial charge in [-0.2, -0.15) is 8.42 Å². The van der Waals surface area contributed by atoms with E-state index in [0.29, 0.717) is 18.7 Å². The molecule has 0 aromatic heterocycles. The molecule has 0 bridgehead atoms. The van der Waals surface area contributed by atoms with Crippen LogP contribution in [0.3, 0.4) is 0 Å². The third-order valence-electron chi connectivity index (χ3n) is 1.81. The van der Waals surface area contributed by atoms with E-state index in [1.165, 1.54) is 0 Å². The van der Waals surface area contributed by atoms with Gasteiger partial charge in [-0.05, 0) is 18.1 Å². The van der Waals surface area contributed by atoms with Crippen LogP contribution >= 0.6 is 0 Å². The summed E-state index contributed by atoms with van der Waals surface area (Å²) in [4.78, 5) is 0. The zero-order valence-corrected chi connectivity index (χ0v) is 11.8. The maximum Gasteiger partial charge on any atom is 0.394 e. The molecule has 0 spiro atoms. The number of nitrogen functional groups attached to an aromatic ring is 1. The highest BCUT2D eigenvalue weighted by atomic mass is 32.3. The lowest BCUT2D eigenvalue weighted by atomic mass is 10.1. The van der Waals surface area contributed by atoms with Crippen LogP contribution in [0.1, 0.15) is 5.56 Å². The van der Waals surface area contributed by atoms with E-state index in [9.17, 15) is 8.42 Å². The van der Waals surface area contributed by atoms with Gasteiger partial charge in [0.1, 0.15) is 0 Å². The zero-order valence-electron chi connectivity index (χ0n) is 10.1. The van der Waals surface area contributed by atoms with Gasteiger partial charge < -0.3 is 5.73 Å². The minimum Gasteiger partial charge on any atom is -0.399 e. The molecule has 10 heteroatoms. The second kappa shape index (κ2) is 7.40. The van der Waals surface area contributed by atoms with E-state index >= 15 is 0 Å². The summed E-state index contributed by atoms with van der Waals surface area (Å²) < 4.78 is 55.5. The van der Waals surface area contributed by atoms with Gasteiger partial charge in [0.25, 0.3) is 0 Å². The molecule has 0 aliphatic carbocycles. The van der Waals surface area contributed by atoms with Gasteiger partial charge in [-0.1, -0.05) is 18.2 Å². The molecule has 8 nitrogen and oxygen atoms in total. The normalized spacial score (nSPS) is 11.5. The molecule has 0 amide bonds. The average molecular weight is 312 g/mol. The number of anilines is 1. The molecule has 110 valence electrons. The summed E-state index contributed by atoms with van der Waals surface area (Å²) in [6.45, 7) is 0.382. The van der Waals surface area contributed by atoms with Crippen molar-refractivity contribution in [1.29, 1.82) is 0 Å². The molecule has 0 aliphatic heterocycles. The molecule has 0 saturated carbocycles. The van der Waals surface area contributed by atoms with Gasteiger partial charge in [0, 0.05) is 12.2 Å². The lowest BCUT2D eigenvalue weighted by Gasteiger charge is -2.05. The lowest BCUT2D eigenvalue weighted by Crippen LogP contribution is -2.24. The van der Waals surface area contributed by atoms with Gasteiger partial charge >= 0.3 is 10.4 Å². The molecule has 1 rings (SSSR count). The topological polar surface area (TPSA) is 147 Å². The van der Waals surface area contributed by atoms with Crippen LogP contribution in [-0.4, -0.2) is 38.7 Å². The molecule has 0 radical (unpaired) electrons. The Labute approximate surface area is 112 Å². The van der Waals surface area contributed by atoms with E-state index in [-0.39, 0.29) is 0 Å². The molecular formula is C9H16N2O6S2. The Morgan fingerprint density at radius 2 is 1.63 bits per heavy atom. The quantitative estimate of drug-likeness (QED) is 0.441. The highest BCUT2D eigenvalue weighted by molar-refractivity contribution is 7.88. The van der Waals surface area contributed by atoms with E-state index in [1.54, 1.807) is 6.07 Å². The van der Waals surface area contributed by atoms with Crippen LogP contribution in [0, 0.1) is 0 Å². The summed E-state index contributed by atoms with van der Waals surface area (Å²) in [5.74, 6) is 0. The third-order valence-corrected chi connectivity index (χ3v) is 2.54. The summed E-state index contributed by atoms with van der Waals surface area (Å²) in [6, 6.07) is 7.42. The van der Waals surface area contributed by atoms with Crippen LogP contribution in [-0.2, 0) is 26.8 Å². The van der Waals surface area contributed by atoms with E-state index in [2.05, 4.69) is 4.72 Å². The molecule has 1 aromatic rings. The first-order chi connectivity index (χ1) is 8.49. The Hall–Kier alpha value is -1.20. The van der Waals surface area contributed by atoms with Crippen molar-refractivity contribution >= 4 is 26.1 Å². The maximum absolute atomic E-state index is 10.8. The smallest absolute Gasteiger partial charge is 0.394 e. The number of hydrogen-bond donors (Lipinski definition) is 4. The predicted octanol–water partition coefficient (Wildman–Crippen LogP) is -0.292. The van der Waals surface area contributed by atoms with Crippen molar-refractivity contribution in [2.24, 2.45) is 0 Å². The molecule has 0 atom stereocenters. The van der Waals surface area contributed by atoms with Crippen molar-refractivity contribution in [3.05, 3.63) is 29.8 Å². The van der Waals surface area contributed by atoms with Crippen LogP contribution in [0.25, 0.3) is 0 Å². The SMILES string of the molecule is CS(=O)(=O)NCCc1ccccc1N.O=S(=O)(O)O. The van der Waals surface area contributed by atoms with Crippen LogP contribution < -0.4 is 10.5 Å². The number of nitrogens with two attached hydrogens (primary N) is 1. The summed E-state index contributed by atoms with van der Waals surface area (Å²) in [6.07, 6.45) is 1.75. The van der Waals surface area contributed by atoms with Crippen molar-refractivity contribution in [3.8, 4) is 0 Å². The molecule has 0 fully saturated rings. The molecule has 19 heavy (non-hydrogen) atoms. The van der Waals surface area contributed by atoms with Crippen LogP contribution in [0.15, 0.2) is 24.3 Å². The van der Waals surface area contributed by atoms with Crippen molar-refractivity contribution in [2.45, 2.75) is 6.42 Å². The van der Waals surface area contributed by atoms with Crippen molar-refractivity contribution < 1.29 is 25.9 Å². The summed E-state index contributed by atoms with van der Waals surface area (Å²) in [5, 5.41) is 0. The van der Waals surface area contributed by atoms with E-state index in [1.807, 2.05) is 18.2 Å². The second-order valence-corrected chi connectivity index (χ2v) is 6.29. The van der Waals surface area contributed by atoms with Gasteiger partial charge in [0.2, 0.25) is 10.0 Å². The minimum absolute atomic E-state index is 0.382. The standard InChI is InChI=1S/C9H14N2O2S.H2O4S/c1-14(12,13)11-7-6-8-4-2-3-5-9(8)10;1-5(2,3)4/h2-5,11H,6-7,10H2,1H3;(H2,1,2,3,4). The van der Waals surface area contributed by atoms with Gasteiger partial charge in [-0.15, -0.1) is 0 Å². The number of sulfonamides is 1. The van der Waals surface area contributed by atoms with E-state index in [4.69, 9.17) is 23.3 Å². The van der Waals surface area contributed by atoms with E-state index < -0.39 is 20.4 Å². The van der Waals surface area contributed by atoms with Crippen molar-refractivity contribution in [2.75, 3.05) is 18.5 Å². The monoisotopic (exact) mass is 312 g/mol. The minimum atomic E-state index is -4.67. The fourth-order valence-electron chi connectivity index (χ4n) is 1.13. The molecule has 1 aromatic carbocycles. The zero-order chi connectivity index (χ0) is 15.1. The Bertz CT molecular complexity index is 589. The van der Waals surface area contributed by atoms with Gasteiger partial charge in [0.05, 0.1) is 6.26 Å². The number of nitrogens with one attached hydrogen (secondary N) is 1.